The van der Waals surface area contributed by atoms with Gasteiger partial charge in [-0.3, -0.25) is 4.90 Å². The van der Waals surface area contributed by atoms with Crippen molar-refractivity contribution in [1.82, 2.24) is 4.90 Å². The average molecular weight is 418 g/mol. The van der Waals surface area contributed by atoms with E-state index in [9.17, 15) is 0 Å². The summed E-state index contributed by atoms with van der Waals surface area (Å²) in [5.74, 6) is 0.907. The van der Waals surface area contributed by atoms with Gasteiger partial charge in [0.15, 0.2) is 0 Å². The van der Waals surface area contributed by atoms with Gasteiger partial charge in [-0.05, 0) is 54.6 Å². The fourth-order valence-electron chi connectivity index (χ4n) is 5.38. The Morgan fingerprint density at radius 2 is 1.37 bits per heavy atom. The molecule has 2 atom stereocenters. The fraction of sp³-hybridized carbons (Fsp3) is 0.333. The third-order valence-electron chi connectivity index (χ3n) is 6.85. The first-order valence-corrected chi connectivity index (χ1v) is 11.4. The van der Waals surface area contributed by atoms with E-state index in [1.807, 2.05) is 18.2 Å². The van der Waals surface area contributed by atoms with E-state index >= 15 is 0 Å². The van der Waals surface area contributed by atoms with Crippen molar-refractivity contribution in [3.8, 4) is 0 Å². The van der Waals surface area contributed by atoms with E-state index in [0.29, 0.717) is 24.5 Å². The van der Waals surface area contributed by atoms with E-state index in [-0.39, 0.29) is 6.10 Å². The second kappa shape index (κ2) is 8.93. The first kappa shape index (κ1) is 19.8. The van der Waals surface area contributed by atoms with Gasteiger partial charge >= 0.3 is 0 Å². The van der Waals surface area contributed by atoms with Gasteiger partial charge in [-0.15, -0.1) is 0 Å². The predicted molar refractivity (Wildman–Crippen MR) is 123 cm³/mol. The van der Waals surface area contributed by atoms with E-state index in [0.717, 1.165) is 23.7 Å². The molecule has 0 N–H and O–H groups in total. The summed E-state index contributed by atoms with van der Waals surface area (Å²) in [4.78, 5) is 2.67. The molecule has 154 valence electrons. The van der Waals surface area contributed by atoms with Crippen LogP contribution in [0.3, 0.4) is 0 Å². The Hall–Kier alpha value is -2.13. The van der Waals surface area contributed by atoms with Gasteiger partial charge in [-0.1, -0.05) is 90.5 Å². The topological polar surface area (TPSA) is 12.5 Å². The smallest absolute Gasteiger partial charge is 0.0773 e. The minimum atomic E-state index is 0.203. The van der Waals surface area contributed by atoms with Crippen LogP contribution in [-0.4, -0.2) is 30.1 Å². The molecule has 3 fully saturated rings. The van der Waals surface area contributed by atoms with Crippen LogP contribution in [0, 0.1) is 5.92 Å². The van der Waals surface area contributed by atoms with Gasteiger partial charge in [0, 0.05) is 17.0 Å². The predicted octanol–water partition coefficient (Wildman–Crippen LogP) is 6.15. The summed E-state index contributed by atoms with van der Waals surface area (Å²) < 4.78 is 6.69. The molecule has 0 radical (unpaired) electrons. The molecule has 0 aromatic heterocycles. The largest absolute Gasteiger partial charge is 0.372 e. The maximum absolute atomic E-state index is 6.69. The Labute approximate surface area is 184 Å². The summed E-state index contributed by atoms with van der Waals surface area (Å²) >= 11 is 6.42. The fourth-order valence-corrected chi connectivity index (χ4v) is 5.57. The molecule has 2 nitrogen and oxygen atoms in total. The molecule has 6 rings (SSSR count). The van der Waals surface area contributed by atoms with Gasteiger partial charge in [-0.25, -0.2) is 0 Å². The average Bonchev–Trinajstić information content (AvgIpc) is 2.81. The van der Waals surface area contributed by atoms with E-state index in [2.05, 4.69) is 71.6 Å². The Kier molecular flexibility index (Phi) is 5.90. The second-order valence-electron chi connectivity index (χ2n) is 8.53. The van der Waals surface area contributed by atoms with Crippen LogP contribution >= 0.6 is 11.6 Å². The number of ether oxygens (including phenoxy) is 1. The number of hydrogen-bond acceptors (Lipinski definition) is 2. The Morgan fingerprint density at radius 1 is 0.800 bits per heavy atom. The molecular formula is C27H28ClNO. The van der Waals surface area contributed by atoms with Crippen molar-refractivity contribution in [3.05, 3.63) is 107 Å². The van der Waals surface area contributed by atoms with E-state index in [1.165, 1.54) is 24.0 Å². The Bertz CT molecular complexity index is 913. The molecule has 0 saturated carbocycles. The van der Waals surface area contributed by atoms with Crippen LogP contribution in [0.15, 0.2) is 84.9 Å². The number of rotatable bonds is 6. The monoisotopic (exact) mass is 417 g/mol. The summed E-state index contributed by atoms with van der Waals surface area (Å²) in [6.45, 7) is 2.90. The highest BCUT2D eigenvalue weighted by molar-refractivity contribution is 6.31. The van der Waals surface area contributed by atoms with E-state index in [1.54, 1.807) is 0 Å². The molecule has 3 heterocycles. The molecule has 2 bridgehead atoms. The maximum atomic E-state index is 6.69. The van der Waals surface area contributed by atoms with Crippen molar-refractivity contribution in [2.24, 2.45) is 5.92 Å². The quantitative estimate of drug-likeness (QED) is 0.476. The van der Waals surface area contributed by atoms with E-state index < -0.39 is 0 Å². The van der Waals surface area contributed by atoms with Gasteiger partial charge < -0.3 is 4.74 Å². The highest BCUT2D eigenvalue weighted by atomic mass is 35.5. The molecule has 3 aromatic rings. The number of fused-ring (bicyclic) bond motifs is 3. The van der Waals surface area contributed by atoms with Crippen molar-refractivity contribution < 1.29 is 4.74 Å². The molecule has 0 spiro atoms. The lowest BCUT2D eigenvalue weighted by Gasteiger charge is -2.53. The number of halogens is 1. The second-order valence-corrected chi connectivity index (χ2v) is 8.94. The molecular weight excluding hydrogens is 390 g/mol. The highest BCUT2D eigenvalue weighted by Crippen LogP contribution is 2.43. The van der Waals surface area contributed by atoms with Crippen LogP contribution in [0.2, 0.25) is 5.02 Å². The summed E-state index contributed by atoms with van der Waals surface area (Å²) in [5, 5.41) is 0.790. The summed E-state index contributed by atoms with van der Waals surface area (Å²) in [6, 6.07) is 30.3. The highest BCUT2D eigenvalue weighted by Gasteiger charge is 2.47. The summed E-state index contributed by atoms with van der Waals surface area (Å²) in [5.41, 5.74) is 3.81. The first-order chi connectivity index (χ1) is 14.8. The standard InChI is InChI=1S/C27H28ClNO/c28-24-14-8-7-13-23(24)19-30-27-22-15-17-29(18-16-22)26(27)25(20-9-3-1-4-10-20)21-11-5-2-6-12-21/h1-14,22,25-27H,15-19H2. The number of hydrogen-bond donors (Lipinski definition) is 0. The Morgan fingerprint density at radius 3 is 1.97 bits per heavy atom. The SMILES string of the molecule is Clc1ccccc1COC1C2CCN(CC2)C1C(c1ccccc1)c1ccccc1. The zero-order chi connectivity index (χ0) is 20.3. The molecule has 3 saturated heterocycles. The summed E-state index contributed by atoms with van der Waals surface area (Å²) in [6.07, 6.45) is 2.65. The van der Waals surface area contributed by atoms with Gasteiger partial charge in [0.05, 0.1) is 12.7 Å². The lowest BCUT2D eigenvalue weighted by atomic mass is 9.72. The van der Waals surface area contributed by atoms with Crippen LogP contribution in [0.25, 0.3) is 0 Å². The zero-order valence-electron chi connectivity index (χ0n) is 17.2. The lowest BCUT2D eigenvalue weighted by molar-refractivity contribution is -0.120. The molecule has 0 amide bonds. The first-order valence-electron chi connectivity index (χ1n) is 11.0. The van der Waals surface area contributed by atoms with Crippen LogP contribution in [0.5, 0.6) is 0 Å². The number of benzene rings is 3. The lowest BCUT2D eigenvalue weighted by Crippen LogP contribution is -2.60. The molecule has 30 heavy (non-hydrogen) atoms. The van der Waals surface area contributed by atoms with Crippen molar-refractivity contribution in [3.63, 3.8) is 0 Å². The van der Waals surface area contributed by atoms with Crippen molar-refractivity contribution >= 4 is 11.6 Å². The minimum Gasteiger partial charge on any atom is -0.372 e. The van der Waals surface area contributed by atoms with Gasteiger partial charge in [0.25, 0.3) is 0 Å². The van der Waals surface area contributed by atoms with Crippen molar-refractivity contribution in [2.75, 3.05) is 13.1 Å². The summed E-state index contributed by atoms with van der Waals surface area (Å²) in [7, 11) is 0. The molecule has 3 aliphatic rings. The zero-order valence-corrected chi connectivity index (χ0v) is 17.9. The van der Waals surface area contributed by atoms with Gasteiger partial charge in [-0.2, -0.15) is 0 Å². The van der Waals surface area contributed by atoms with Crippen molar-refractivity contribution in [2.45, 2.75) is 37.5 Å². The van der Waals surface area contributed by atoms with Crippen molar-refractivity contribution in [1.29, 1.82) is 0 Å². The molecule has 3 aliphatic heterocycles. The Balaban J connectivity index is 1.50. The normalized spacial score (nSPS) is 25.5. The van der Waals surface area contributed by atoms with Gasteiger partial charge in [0.1, 0.15) is 0 Å². The van der Waals surface area contributed by atoms with Crippen LogP contribution < -0.4 is 0 Å². The molecule has 3 heteroatoms. The third kappa shape index (κ3) is 3.92. The molecule has 0 aliphatic carbocycles. The minimum absolute atomic E-state index is 0.203. The maximum Gasteiger partial charge on any atom is 0.0773 e. The molecule has 3 aromatic carbocycles. The van der Waals surface area contributed by atoms with E-state index in [4.69, 9.17) is 16.3 Å². The van der Waals surface area contributed by atoms with Crippen LogP contribution in [0.4, 0.5) is 0 Å². The third-order valence-corrected chi connectivity index (χ3v) is 7.21. The number of piperidine rings is 3. The van der Waals surface area contributed by atoms with Crippen LogP contribution in [0.1, 0.15) is 35.4 Å². The number of nitrogens with zero attached hydrogens (tertiary/aromatic N) is 1. The molecule has 2 unspecified atom stereocenters. The van der Waals surface area contributed by atoms with Crippen LogP contribution in [-0.2, 0) is 11.3 Å². The van der Waals surface area contributed by atoms with Gasteiger partial charge in [0.2, 0.25) is 0 Å².